The van der Waals surface area contributed by atoms with Gasteiger partial charge in [0.1, 0.15) is 23.1 Å². The molecule has 5 nitrogen and oxygen atoms in total. The molecule has 0 aromatic heterocycles. The predicted molar refractivity (Wildman–Crippen MR) is 116 cm³/mol. The lowest BCUT2D eigenvalue weighted by molar-refractivity contribution is 0.0729. The van der Waals surface area contributed by atoms with Crippen molar-refractivity contribution in [2.24, 2.45) is 0 Å². The summed E-state index contributed by atoms with van der Waals surface area (Å²) in [5, 5.41) is 0. The fourth-order valence-corrected chi connectivity index (χ4v) is 3.66. The first-order valence-electron chi connectivity index (χ1n) is 9.26. The quantitative estimate of drug-likeness (QED) is 0.269. The van der Waals surface area contributed by atoms with Crippen LogP contribution in [0.3, 0.4) is 0 Å². The highest BCUT2D eigenvalue weighted by atomic mass is 79.9. The Hall–Kier alpha value is -3.45. The first kappa shape index (κ1) is 20.8. The summed E-state index contributed by atoms with van der Waals surface area (Å²) in [6, 6.07) is 13.9. The number of rotatable bonds is 4. The van der Waals surface area contributed by atoms with Crippen molar-refractivity contribution in [1.29, 1.82) is 0 Å². The maximum absolute atomic E-state index is 13.9. The Morgan fingerprint density at radius 1 is 1.13 bits per heavy atom. The number of ether oxygens (including phenoxy) is 3. The monoisotopic (exact) mass is 482 g/mol. The highest BCUT2D eigenvalue weighted by Crippen LogP contribution is 2.38. The van der Waals surface area contributed by atoms with E-state index in [1.807, 2.05) is 6.07 Å². The van der Waals surface area contributed by atoms with E-state index in [9.17, 15) is 14.0 Å². The van der Waals surface area contributed by atoms with Crippen molar-refractivity contribution in [1.82, 2.24) is 0 Å². The van der Waals surface area contributed by atoms with Crippen molar-refractivity contribution in [2.45, 2.75) is 6.92 Å². The van der Waals surface area contributed by atoms with Gasteiger partial charge < -0.3 is 14.2 Å². The molecule has 31 heavy (non-hydrogen) atoms. The molecular weight excluding hydrogens is 467 g/mol. The van der Waals surface area contributed by atoms with Crippen molar-refractivity contribution in [3.63, 3.8) is 0 Å². The van der Waals surface area contributed by atoms with E-state index in [1.165, 1.54) is 31.4 Å². The molecule has 0 aliphatic carbocycles. The SMILES string of the molecule is COc1ccc(Br)cc1/C=C1\Oc2cc(OC(=O)c3ccccc3F)cc(C)c2C1=O. The van der Waals surface area contributed by atoms with Gasteiger partial charge in [-0.2, -0.15) is 0 Å². The number of allylic oxidation sites excluding steroid dienone is 1. The molecule has 0 atom stereocenters. The van der Waals surface area contributed by atoms with Crippen molar-refractivity contribution >= 4 is 33.8 Å². The van der Waals surface area contributed by atoms with Crippen LogP contribution < -0.4 is 14.2 Å². The van der Waals surface area contributed by atoms with Gasteiger partial charge in [-0.15, -0.1) is 0 Å². The number of fused-ring (bicyclic) bond motifs is 1. The van der Waals surface area contributed by atoms with Gasteiger partial charge in [0, 0.05) is 16.1 Å². The molecule has 1 aliphatic heterocycles. The fraction of sp³-hybridized carbons (Fsp3) is 0.0833. The second kappa shape index (κ2) is 8.35. The van der Waals surface area contributed by atoms with Crippen LogP contribution in [0.5, 0.6) is 17.2 Å². The van der Waals surface area contributed by atoms with Gasteiger partial charge in [0.15, 0.2) is 5.76 Å². The van der Waals surface area contributed by atoms with E-state index in [0.717, 1.165) is 4.47 Å². The molecule has 0 fully saturated rings. The molecule has 0 bridgehead atoms. The van der Waals surface area contributed by atoms with Crippen LogP contribution >= 0.6 is 15.9 Å². The normalized spacial score (nSPS) is 13.7. The summed E-state index contributed by atoms with van der Waals surface area (Å²) in [6.45, 7) is 1.71. The Balaban J connectivity index is 1.65. The summed E-state index contributed by atoms with van der Waals surface area (Å²) in [5.41, 5.74) is 1.44. The number of aryl methyl sites for hydroxylation is 1. The summed E-state index contributed by atoms with van der Waals surface area (Å²) in [6.07, 6.45) is 1.59. The largest absolute Gasteiger partial charge is 0.496 e. The minimum absolute atomic E-state index is 0.118. The van der Waals surface area contributed by atoms with Gasteiger partial charge >= 0.3 is 5.97 Å². The van der Waals surface area contributed by atoms with Crippen LogP contribution in [0.15, 0.2) is 64.8 Å². The highest BCUT2D eigenvalue weighted by molar-refractivity contribution is 9.10. The van der Waals surface area contributed by atoms with Crippen LogP contribution in [0.4, 0.5) is 4.39 Å². The maximum Gasteiger partial charge on any atom is 0.346 e. The lowest BCUT2D eigenvalue weighted by Crippen LogP contribution is -2.10. The van der Waals surface area contributed by atoms with E-state index in [4.69, 9.17) is 14.2 Å². The third-order valence-electron chi connectivity index (χ3n) is 4.73. The molecular formula is C24H16BrFO5. The first-order chi connectivity index (χ1) is 14.9. The summed E-state index contributed by atoms with van der Waals surface area (Å²) in [5.74, 6) is -0.686. The number of ketones is 1. The number of esters is 1. The van der Waals surface area contributed by atoms with E-state index in [-0.39, 0.29) is 28.6 Å². The van der Waals surface area contributed by atoms with Crippen LogP contribution in [-0.2, 0) is 0 Å². The third kappa shape index (κ3) is 4.09. The predicted octanol–water partition coefficient (Wildman–Crippen LogP) is 5.74. The number of carbonyl (C=O) groups excluding carboxylic acids is 2. The molecule has 0 radical (unpaired) electrons. The fourth-order valence-electron chi connectivity index (χ4n) is 3.28. The van der Waals surface area contributed by atoms with Crippen LogP contribution in [0.2, 0.25) is 0 Å². The highest BCUT2D eigenvalue weighted by Gasteiger charge is 2.30. The van der Waals surface area contributed by atoms with E-state index < -0.39 is 11.8 Å². The van der Waals surface area contributed by atoms with E-state index in [2.05, 4.69) is 15.9 Å². The van der Waals surface area contributed by atoms with Crippen molar-refractivity contribution in [3.8, 4) is 17.2 Å². The number of Topliss-reactive ketones (excluding diaryl/α,β-unsaturated/α-hetero) is 1. The van der Waals surface area contributed by atoms with E-state index in [0.29, 0.717) is 22.4 Å². The van der Waals surface area contributed by atoms with Gasteiger partial charge in [-0.25, -0.2) is 9.18 Å². The molecule has 4 rings (SSSR count). The van der Waals surface area contributed by atoms with Gasteiger partial charge in [-0.1, -0.05) is 28.1 Å². The Kier molecular flexibility index (Phi) is 5.61. The zero-order valence-corrected chi connectivity index (χ0v) is 18.2. The Labute approximate surface area is 186 Å². The number of carbonyl (C=O) groups is 2. The molecule has 3 aromatic rings. The summed E-state index contributed by atoms with van der Waals surface area (Å²) in [7, 11) is 1.54. The van der Waals surface area contributed by atoms with Gasteiger partial charge in [-0.05, 0) is 55.0 Å². The molecule has 0 unspecified atom stereocenters. The van der Waals surface area contributed by atoms with Crippen LogP contribution in [0.1, 0.15) is 31.8 Å². The molecule has 0 amide bonds. The number of hydrogen-bond donors (Lipinski definition) is 0. The minimum Gasteiger partial charge on any atom is -0.496 e. The number of benzene rings is 3. The molecule has 3 aromatic carbocycles. The molecule has 0 N–H and O–H groups in total. The summed E-state index contributed by atoms with van der Waals surface area (Å²) >= 11 is 3.40. The molecule has 1 heterocycles. The average molecular weight is 483 g/mol. The zero-order valence-electron chi connectivity index (χ0n) is 16.6. The Morgan fingerprint density at radius 2 is 1.90 bits per heavy atom. The molecule has 0 saturated carbocycles. The Morgan fingerprint density at radius 3 is 2.65 bits per heavy atom. The molecule has 1 aliphatic rings. The third-order valence-corrected chi connectivity index (χ3v) is 5.22. The summed E-state index contributed by atoms with van der Waals surface area (Å²) in [4.78, 5) is 25.2. The number of halogens is 2. The second-order valence-electron chi connectivity index (χ2n) is 6.81. The van der Waals surface area contributed by atoms with Crippen LogP contribution in [0.25, 0.3) is 6.08 Å². The van der Waals surface area contributed by atoms with Crippen molar-refractivity contribution in [2.75, 3.05) is 7.11 Å². The number of methoxy groups -OCH3 is 1. The molecule has 0 spiro atoms. The molecule has 0 saturated heterocycles. The van der Waals surface area contributed by atoms with Gasteiger partial charge in [0.25, 0.3) is 0 Å². The standard InChI is InChI=1S/C24H16BrFO5/c1-13-9-16(30-24(28)17-5-3-4-6-18(17)26)12-20-22(13)23(27)21(31-20)11-14-10-15(25)7-8-19(14)29-2/h3-12H,1-2H3/b21-11-. The first-order valence-corrected chi connectivity index (χ1v) is 10.1. The second-order valence-corrected chi connectivity index (χ2v) is 7.72. The number of hydrogen-bond acceptors (Lipinski definition) is 5. The lowest BCUT2D eigenvalue weighted by atomic mass is 10.0. The smallest absolute Gasteiger partial charge is 0.346 e. The average Bonchev–Trinajstić information content (AvgIpc) is 3.04. The minimum atomic E-state index is -0.837. The topological polar surface area (TPSA) is 61.8 Å². The molecule has 156 valence electrons. The van der Waals surface area contributed by atoms with Crippen molar-refractivity contribution in [3.05, 3.63) is 92.9 Å². The van der Waals surface area contributed by atoms with E-state index in [1.54, 1.807) is 37.3 Å². The maximum atomic E-state index is 13.9. The van der Waals surface area contributed by atoms with Crippen LogP contribution in [0, 0.1) is 12.7 Å². The summed E-state index contributed by atoms with van der Waals surface area (Å²) < 4.78 is 31.1. The van der Waals surface area contributed by atoms with Gasteiger partial charge in [0.2, 0.25) is 5.78 Å². The molecule has 7 heteroatoms. The Bertz CT molecular complexity index is 1250. The lowest BCUT2D eigenvalue weighted by Gasteiger charge is -2.08. The van der Waals surface area contributed by atoms with Gasteiger partial charge in [-0.3, -0.25) is 4.79 Å². The van der Waals surface area contributed by atoms with Crippen molar-refractivity contribution < 1.29 is 28.2 Å². The zero-order chi connectivity index (χ0) is 22.1. The van der Waals surface area contributed by atoms with Gasteiger partial charge in [0.05, 0.1) is 18.2 Å². The van der Waals surface area contributed by atoms with E-state index >= 15 is 0 Å². The van der Waals surface area contributed by atoms with Crippen LogP contribution in [-0.4, -0.2) is 18.9 Å².